The van der Waals surface area contributed by atoms with Gasteiger partial charge in [0.2, 0.25) is 0 Å². The minimum Gasteiger partial charge on any atom is -0.511 e. The van der Waals surface area contributed by atoms with Crippen LogP contribution in [-0.2, 0) is 16.0 Å². The first-order chi connectivity index (χ1) is 8.13. The fourth-order valence-corrected chi connectivity index (χ4v) is 1.98. The van der Waals surface area contributed by atoms with Gasteiger partial charge in [0.05, 0.1) is 6.61 Å². The van der Waals surface area contributed by atoms with Crippen LogP contribution in [0.4, 0.5) is 4.39 Å². The van der Waals surface area contributed by atoms with Gasteiger partial charge in [-0.3, -0.25) is 0 Å². The summed E-state index contributed by atoms with van der Waals surface area (Å²) >= 11 is 0. The zero-order chi connectivity index (χ0) is 12.4. The minimum atomic E-state index is -0.558. The lowest BCUT2D eigenvalue weighted by Gasteiger charge is -2.19. The van der Waals surface area contributed by atoms with Gasteiger partial charge < -0.3 is 9.84 Å². The van der Waals surface area contributed by atoms with Crippen LogP contribution in [0.3, 0.4) is 0 Å². The molecule has 0 radical (unpaired) electrons. The lowest BCUT2D eigenvalue weighted by atomic mass is 9.89. The second-order valence-corrected chi connectivity index (χ2v) is 3.84. The maximum Gasteiger partial charge on any atom is 0.342 e. The molecule has 0 saturated carbocycles. The van der Waals surface area contributed by atoms with Crippen molar-refractivity contribution in [3.63, 3.8) is 0 Å². The van der Waals surface area contributed by atoms with Gasteiger partial charge in [-0.05, 0) is 36.6 Å². The Morgan fingerprint density at radius 3 is 2.94 bits per heavy atom. The predicted octanol–water partition coefficient (Wildman–Crippen LogP) is 2.60. The number of rotatable bonds is 2. The Morgan fingerprint density at radius 2 is 2.24 bits per heavy atom. The van der Waals surface area contributed by atoms with Gasteiger partial charge in [-0.2, -0.15) is 0 Å². The maximum absolute atomic E-state index is 13.1. The molecule has 3 nitrogen and oxygen atoms in total. The standard InChI is InChI=1S/C13H13FO3/c1-2-17-13(16)12-10-5-4-9(14)7-8(10)3-6-11(12)15/h4-5,7,15H,2-3,6H2,1H3. The molecule has 0 heterocycles. The van der Waals surface area contributed by atoms with Gasteiger partial charge in [0.1, 0.15) is 17.1 Å². The van der Waals surface area contributed by atoms with Crippen molar-refractivity contribution in [1.29, 1.82) is 0 Å². The summed E-state index contributed by atoms with van der Waals surface area (Å²) in [6, 6.07) is 4.17. The fourth-order valence-electron chi connectivity index (χ4n) is 1.98. The normalized spacial score (nSPS) is 14.5. The van der Waals surface area contributed by atoms with E-state index in [1.54, 1.807) is 6.92 Å². The highest BCUT2D eigenvalue weighted by Gasteiger charge is 2.25. The Kier molecular flexibility index (Phi) is 3.13. The average molecular weight is 236 g/mol. The number of benzene rings is 1. The Labute approximate surface area is 98.5 Å². The Balaban J connectivity index is 2.47. The van der Waals surface area contributed by atoms with Crippen LogP contribution in [0.15, 0.2) is 24.0 Å². The molecular weight excluding hydrogens is 223 g/mol. The summed E-state index contributed by atoms with van der Waals surface area (Å²) in [5.74, 6) is -0.881. The summed E-state index contributed by atoms with van der Waals surface area (Å²) in [6.07, 6.45) is 0.867. The van der Waals surface area contributed by atoms with Crippen molar-refractivity contribution in [1.82, 2.24) is 0 Å². The number of fused-ring (bicyclic) bond motifs is 1. The van der Waals surface area contributed by atoms with E-state index in [9.17, 15) is 14.3 Å². The van der Waals surface area contributed by atoms with Crippen molar-refractivity contribution in [2.45, 2.75) is 19.8 Å². The number of hydrogen-bond acceptors (Lipinski definition) is 3. The van der Waals surface area contributed by atoms with Crippen LogP contribution in [0.25, 0.3) is 5.57 Å². The van der Waals surface area contributed by atoms with E-state index in [-0.39, 0.29) is 23.8 Å². The number of esters is 1. The molecule has 17 heavy (non-hydrogen) atoms. The highest BCUT2D eigenvalue weighted by atomic mass is 19.1. The second kappa shape index (κ2) is 4.57. The van der Waals surface area contributed by atoms with E-state index in [2.05, 4.69) is 0 Å². The Hall–Kier alpha value is -1.84. The number of carbonyl (C=O) groups is 1. The number of ether oxygens (including phenoxy) is 1. The second-order valence-electron chi connectivity index (χ2n) is 3.84. The van der Waals surface area contributed by atoms with Gasteiger partial charge in [0.25, 0.3) is 0 Å². The third kappa shape index (κ3) is 2.16. The molecule has 1 aromatic rings. The van der Waals surface area contributed by atoms with Crippen molar-refractivity contribution < 1.29 is 19.0 Å². The van der Waals surface area contributed by atoms with Crippen LogP contribution in [0.2, 0.25) is 0 Å². The topological polar surface area (TPSA) is 46.5 Å². The zero-order valence-corrected chi connectivity index (χ0v) is 9.50. The van der Waals surface area contributed by atoms with Crippen molar-refractivity contribution in [3.8, 4) is 0 Å². The van der Waals surface area contributed by atoms with Crippen LogP contribution >= 0.6 is 0 Å². The molecule has 0 atom stereocenters. The molecule has 0 saturated heterocycles. The number of aliphatic hydroxyl groups excluding tert-OH is 1. The molecule has 1 aliphatic carbocycles. The molecule has 2 rings (SSSR count). The molecule has 1 aliphatic rings. The fraction of sp³-hybridized carbons (Fsp3) is 0.308. The van der Waals surface area contributed by atoms with E-state index in [1.807, 2.05) is 0 Å². The quantitative estimate of drug-likeness (QED) is 0.803. The van der Waals surface area contributed by atoms with E-state index in [0.29, 0.717) is 18.4 Å². The Bertz CT molecular complexity index is 491. The smallest absolute Gasteiger partial charge is 0.342 e. The SMILES string of the molecule is CCOC(=O)C1=C(O)CCc2cc(F)ccc21. The maximum atomic E-state index is 13.1. The first-order valence-electron chi connectivity index (χ1n) is 5.51. The number of hydrogen-bond donors (Lipinski definition) is 1. The van der Waals surface area contributed by atoms with Crippen LogP contribution < -0.4 is 0 Å². The summed E-state index contributed by atoms with van der Waals surface area (Å²) in [6.45, 7) is 1.94. The summed E-state index contributed by atoms with van der Waals surface area (Å²) in [4.78, 5) is 11.7. The third-order valence-electron chi connectivity index (χ3n) is 2.74. The molecule has 0 unspecified atom stereocenters. The highest BCUT2D eigenvalue weighted by molar-refractivity contribution is 6.17. The summed E-state index contributed by atoms with van der Waals surface area (Å²) < 4.78 is 18.0. The van der Waals surface area contributed by atoms with E-state index < -0.39 is 5.97 Å². The van der Waals surface area contributed by atoms with Crippen molar-refractivity contribution in [2.24, 2.45) is 0 Å². The van der Waals surface area contributed by atoms with Crippen molar-refractivity contribution in [3.05, 3.63) is 40.9 Å². The van der Waals surface area contributed by atoms with Crippen LogP contribution in [0.1, 0.15) is 24.5 Å². The summed E-state index contributed by atoms with van der Waals surface area (Å²) in [5, 5.41) is 9.77. The number of allylic oxidation sites excluding steroid dienone is 1. The highest BCUT2D eigenvalue weighted by Crippen LogP contribution is 2.31. The van der Waals surface area contributed by atoms with E-state index in [4.69, 9.17) is 4.74 Å². The molecule has 90 valence electrons. The van der Waals surface area contributed by atoms with E-state index in [1.165, 1.54) is 18.2 Å². The molecule has 4 heteroatoms. The lowest BCUT2D eigenvalue weighted by Crippen LogP contribution is -2.15. The van der Waals surface area contributed by atoms with Crippen LogP contribution in [-0.4, -0.2) is 17.7 Å². The lowest BCUT2D eigenvalue weighted by molar-refractivity contribution is -0.136. The molecule has 1 aromatic carbocycles. The number of halogens is 1. The van der Waals surface area contributed by atoms with E-state index >= 15 is 0 Å². The molecule has 0 aromatic heterocycles. The molecule has 0 fully saturated rings. The number of carbonyl (C=O) groups excluding carboxylic acids is 1. The van der Waals surface area contributed by atoms with Gasteiger partial charge in [0.15, 0.2) is 0 Å². The van der Waals surface area contributed by atoms with Gasteiger partial charge >= 0.3 is 5.97 Å². The summed E-state index contributed by atoms with van der Waals surface area (Å²) in [7, 11) is 0. The number of aryl methyl sites for hydroxylation is 1. The monoisotopic (exact) mass is 236 g/mol. The molecule has 1 N–H and O–H groups in total. The van der Waals surface area contributed by atoms with E-state index in [0.717, 1.165) is 5.56 Å². The molecule has 0 amide bonds. The minimum absolute atomic E-state index is 0.0163. The Morgan fingerprint density at radius 1 is 1.47 bits per heavy atom. The molecule has 0 spiro atoms. The van der Waals surface area contributed by atoms with Crippen LogP contribution in [0, 0.1) is 5.82 Å². The molecule has 0 aliphatic heterocycles. The van der Waals surface area contributed by atoms with Crippen LogP contribution in [0.5, 0.6) is 0 Å². The average Bonchev–Trinajstić information content (AvgIpc) is 2.29. The first-order valence-corrected chi connectivity index (χ1v) is 5.51. The van der Waals surface area contributed by atoms with Gasteiger partial charge in [-0.15, -0.1) is 0 Å². The van der Waals surface area contributed by atoms with Gasteiger partial charge in [-0.25, -0.2) is 9.18 Å². The number of aliphatic hydroxyl groups is 1. The predicted molar refractivity (Wildman–Crippen MR) is 60.9 cm³/mol. The van der Waals surface area contributed by atoms with Gasteiger partial charge in [0, 0.05) is 6.42 Å². The molecule has 0 bridgehead atoms. The van der Waals surface area contributed by atoms with Crippen molar-refractivity contribution >= 4 is 11.5 Å². The third-order valence-corrected chi connectivity index (χ3v) is 2.74. The molecular formula is C13H13FO3. The largest absolute Gasteiger partial charge is 0.511 e. The first kappa shape index (κ1) is 11.6. The summed E-state index contributed by atoms with van der Waals surface area (Å²) in [5.41, 5.74) is 1.45. The van der Waals surface area contributed by atoms with Crippen molar-refractivity contribution in [2.75, 3.05) is 6.61 Å². The van der Waals surface area contributed by atoms with Gasteiger partial charge in [-0.1, -0.05) is 6.07 Å². The zero-order valence-electron chi connectivity index (χ0n) is 9.50.